The lowest BCUT2D eigenvalue weighted by molar-refractivity contribution is 0.748. The summed E-state index contributed by atoms with van der Waals surface area (Å²) in [6.45, 7) is 3.01. The van der Waals surface area contributed by atoms with E-state index in [0.717, 1.165) is 28.2 Å². The number of hydrogen-bond donors (Lipinski definition) is 0. The lowest BCUT2D eigenvalue weighted by atomic mass is 10.0. The van der Waals surface area contributed by atoms with E-state index < -0.39 is 0 Å². The zero-order chi connectivity index (χ0) is 13.9. The first-order valence-corrected chi connectivity index (χ1v) is 7.47. The number of aromatic nitrogens is 2. The number of rotatable bonds is 3. The van der Waals surface area contributed by atoms with E-state index in [9.17, 15) is 0 Å². The molecule has 20 heavy (non-hydrogen) atoms. The highest BCUT2D eigenvalue weighted by molar-refractivity contribution is 9.10. The van der Waals surface area contributed by atoms with Crippen molar-refractivity contribution in [1.29, 1.82) is 0 Å². The predicted octanol–water partition coefficient (Wildman–Crippen LogP) is 5.00. The normalized spacial score (nSPS) is 10.7. The van der Waals surface area contributed by atoms with E-state index in [-0.39, 0.29) is 0 Å². The summed E-state index contributed by atoms with van der Waals surface area (Å²) in [5, 5.41) is 0. The van der Waals surface area contributed by atoms with Crippen LogP contribution in [0.15, 0.2) is 65.4 Å². The molecule has 0 aliphatic carbocycles. The van der Waals surface area contributed by atoms with Crippen LogP contribution >= 0.6 is 15.9 Å². The van der Waals surface area contributed by atoms with Gasteiger partial charge >= 0.3 is 0 Å². The summed E-state index contributed by atoms with van der Waals surface area (Å²) in [7, 11) is 0. The Labute approximate surface area is 127 Å². The Morgan fingerprint density at radius 3 is 2.00 bits per heavy atom. The summed E-state index contributed by atoms with van der Waals surface area (Å²) >= 11 is 3.57. The average molecular weight is 327 g/mol. The monoisotopic (exact) mass is 326 g/mol. The smallest absolute Gasteiger partial charge is 0.178 e. The highest BCUT2D eigenvalue weighted by Gasteiger charge is 2.17. The van der Waals surface area contributed by atoms with Crippen LogP contribution in [0.3, 0.4) is 0 Å². The fourth-order valence-electron chi connectivity index (χ4n) is 2.40. The summed E-state index contributed by atoms with van der Waals surface area (Å²) in [5.74, 6) is 0. The highest BCUT2D eigenvalue weighted by atomic mass is 79.9. The second-order valence-corrected chi connectivity index (χ2v) is 5.26. The van der Waals surface area contributed by atoms with E-state index in [2.05, 4.69) is 63.8 Å². The molecule has 0 saturated heterocycles. The molecule has 0 fully saturated rings. The average Bonchev–Trinajstić information content (AvgIpc) is 2.85. The minimum Gasteiger partial charge on any atom is -0.318 e. The Bertz CT molecular complexity index is 703. The fraction of sp³-hybridized carbons (Fsp3) is 0.118. The summed E-state index contributed by atoms with van der Waals surface area (Å²) in [5.41, 5.74) is 4.50. The highest BCUT2D eigenvalue weighted by Crippen LogP contribution is 2.34. The number of imidazole rings is 1. The molecule has 0 spiro atoms. The molecule has 2 aromatic carbocycles. The summed E-state index contributed by atoms with van der Waals surface area (Å²) in [4.78, 5) is 4.71. The van der Waals surface area contributed by atoms with Crippen molar-refractivity contribution in [2.75, 3.05) is 0 Å². The molecule has 1 aromatic heterocycles. The molecule has 0 aliphatic heterocycles. The third kappa shape index (κ3) is 2.29. The first-order valence-electron chi connectivity index (χ1n) is 6.68. The minimum atomic E-state index is 0.873. The number of hydrogen-bond acceptors (Lipinski definition) is 1. The molecule has 0 N–H and O–H groups in total. The largest absolute Gasteiger partial charge is 0.318 e. The maximum Gasteiger partial charge on any atom is 0.178 e. The molecular weight excluding hydrogens is 312 g/mol. The summed E-state index contributed by atoms with van der Waals surface area (Å²) in [6.07, 6.45) is 0. The maximum atomic E-state index is 4.71. The lowest BCUT2D eigenvalue weighted by Gasteiger charge is -2.09. The molecule has 0 aliphatic rings. The number of halogens is 1. The minimum absolute atomic E-state index is 0.873. The Kier molecular flexibility index (Phi) is 3.70. The van der Waals surface area contributed by atoms with Gasteiger partial charge in [-0.05, 0) is 22.9 Å². The Morgan fingerprint density at radius 2 is 1.45 bits per heavy atom. The van der Waals surface area contributed by atoms with Gasteiger partial charge in [0, 0.05) is 17.7 Å². The molecule has 0 atom stereocenters. The lowest BCUT2D eigenvalue weighted by Crippen LogP contribution is -1.97. The Morgan fingerprint density at radius 1 is 0.900 bits per heavy atom. The number of benzene rings is 2. The molecule has 0 amide bonds. The molecule has 0 radical (unpaired) electrons. The van der Waals surface area contributed by atoms with Crippen LogP contribution in [-0.4, -0.2) is 9.55 Å². The van der Waals surface area contributed by atoms with Crippen LogP contribution in [0.5, 0.6) is 0 Å². The van der Waals surface area contributed by atoms with Crippen molar-refractivity contribution in [2.45, 2.75) is 13.5 Å². The molecule has 1 heterocycles. The molecule has 100 valence electrons. The predicted molar refractivity (Wildman–Crippen MR) is 86.5 cm³/mol. The SMILES string of the molecule is CCn1c(Br)nc(-c2ccccc2)c1-c1ccccc1. The molecule has 0 unspecified atom stereocenters. The zero-order valence-corrected chi connectivity index (χ0v) is 12.8. The molecule has 3 rings (SSSR count). The third-order valence-corrected chi connectivity index (χ3v) is 3.94. The molecule has 0 bridgehead atoms. The number of nitrogens with zero attached hydrogens (tertiary/aromatic N) is 2. The topological polar surface area (TPSA) is 17.8 Å². The van der Waals surface area contributed by atoms with Crippen LogP contribution in [0.2, 0.25) is 0 Å². The van der Waals surface area contributed by atoms with Gasteiger partial charge < -0.3 is 4.57 Å². The maximum absolute atomic E-state index is 4.71. The standard InChI is InChI=1S/C17H15BrN2/c1-2-20-16(14-11-7-4-8-12-14)15(19-17(20)18)13-9-5-3-6-10-13/h3-12H,2H2,1H3. The molecular formula is C17H15BrN2. The molecule has 3 aromatic rings. The van der Waals surface area contributed by atoms with Crippen LogP contribution < -0.4 is 0 Å². The van der Waals surface area contributed by atoms with Gasteiger partial charge in [0.05, 0.1) is 11.4 Å². The van der Waals surface area contributed by atoms with Gasteiger partial charge in [-0.2, -0.15) is 0 Å². The quantitative estimate of drug-likeness (QED) is 0.662. The summed E-state index contributed by atoms with van der Waals surface area (Å²) < 4.78 is 3.07. The molecule has 0 saturated carbocycles. The van der Waals surface area contributed by atoms with Crippen molar-refractivity contribution in [3.8, 4) is 22.5 Å². The van der Waals surface area contributed by atoms with Crippen LogP contribution in [0.4, 0.5) is 0 Å². The van der Waals surface area contributed by atoms with Gasteiger partial charge in [-0.25, -0.2) is 4.98 Å². The van der Waals surface area contributed by atoms with E-state index >= 15 is 0 Å². The van der Waals surface area contributed by atoms with E-state index in [1.807, 2.05) is 24.3 Å². The van der Waals surface area contributed by atoms with Crippen molar-refractivity contribution in [3.05, 3.63) is 65.4 Å². The Balaban J connectivity index is 2.26. The van der Waals surface area contributed by atoms with E-state index in [1.54, 1.807) is 0 Å². The van der Waals surface area contributed by atoms with Crippen LogP contribution in [0.1, 0.15) is 6.92 Å². The van der Waals surface area contributed by atoms with Gasteiger partial charge in [0.2, 0.25) is 0 Å². The zero-order valence-electron chi connectivity index (χ0n) is 11.3. The van der Waals surface area contributed by atoms with Crippen molar-refractivity contribution in [1.82, 2.24) is 9.55 Å². The van der Waals surface area contributed by atoms with E-state index in [0.29, 0.717) is 0 Å². The van der Waals surface area contributed by atoms with Gasteiger partial charge in [0.15, 0.2) is 4.73 Å². The van der Waals surface area contributed by atoms with E-state index in [1.165, 1.54) is 5.56 Å². The summed E-state index contributed by atoms with van der Waals surface area (Å²) in [6, 6.07) is 20.7. The fourth-order valence-corrected chi connectivity index (χ4v) is 3.01. The van der Waals surface area contributed by atoms with Crippen molar-refractivity contribution >= 4 is 15.9 Å². The van der Waals surface area contributed by atoms with Crippen molar-refractivity contribution in [3.63, 3.8) is 0 Å². The van der Waals surface area contributed by atoms with Crippen molar-refractivity contribution in [2.24, 2.45) is 0 Å². The first kappa shape index (κ1) is 13.1. The molecule has 2 nitrogen and oxygen atoms in total. The third-order valence-electron chi connectivity index (χ3n) is 3.33. The molecule has 3 heteroatoms. The van der Waals surface area contributed by atoms with Gasteiger partial charge in [0.1, 0.15) is 0 Å². The second-order valence-electron chi connectivity index (χ2n) is 4.55. The second kappa shape index (κ2) is 5.63. The van der Waals surface area contributed by atoms with Gasteiger partial charge in [-0.15, -0.1) is 0 Å². The first-order chi connectivity index (χ1) is 9.81. The van der Waals surface area contributed by atoms with Crippen molar-refractivity contribution < 1.29 is 0 Å². The van der Waals surface area contributed by atoms with Crippen LogP contribution in [0.25, 0.3) is 22.5 Å². The van der Waals surface area contributed by atoms with Crippen LogP contribution in [-0.2, 0) is 6.54 Å². The van der Waals surface area contributed by atoms with Gasteiger partial charge in [-0.3, -0.25) is 0 Å². The van der Waals surface area contributed by atoms with Crippen LogP contribution in [0, 0.1) is 0 Å². The van der Waals surface area contributed by atoms with Gasteiger partial charge in [0.25, 0.3) is 0 Å². The van der Waals surface area contributed by atoms with E-state index in [4.69, 9.17) is 4.98 Å². The Hall–Kier alpha value is -1.87. The van der Waals surface area contributed by atoms with Gasteiger partial charge in [-0.1, -0.05) is 60.7 Å².